The number of hydrogen-bond donors (Lipinski definition) is 1. The van der Waals surface area contributed by atoms with E-state index >= 15 is 0 Å². The van der Waals surface area contributed by atoms with E-state index in [1.165, 1.54) is 0 Å². The minimum atomic E-state index is -0.833. The van der Waals surface area contributed by atoms with Crippen LogP contribution in [-0.2, 0) is 14.9 Å². The second kappa shape index (κ2) is 7.68. The molecule has 0 fully saturated rings. The van der Waals surface area contributed by atoms with Crippen LogP contribution in [0.4, 0.5) is 0 Å². The summed E-state index contributed by atoms with van der Waals surface area (Å²) in [6.45, 7) is 11.7. The lowest BCUT2D eigenvalue weighted by molar-refractivity contribution is -0.134. The van der Waals surface area contributed by atoms with Gasteiger partial charge in [0, 0.05) is 6.92 Å². The summed E-state index contributed by atoms with van der Waals surface area (Å²) in [5.74, 6) is -1.06. The molecule has 0 aliphatic rings. The number of aliphatic carboxylic acids is 1. The van der Waals surface area contributed by atoms with Crippen LogP contribution in [-0.4, -0.2) is 23.7 Å². The molecule has 0 heterocycles. The molecule has 0 unspecified atom stereocenters. The van der Waals surface area contributed by atoms with Crippen LogP contribution in [0.2, 0.25) is 0 Å². The summed E-state index contributed by atoms with van der Waals surface area (Å²) in [6.07, 6.45) is 0. The van der Waals surface area contributed by atoms with Gasteiger partial charge in [-0.15, -0.1) is 0 Å². The highest BCUT2D eigenvalue weighted by Crippen LogP contribution is 2.27. The zero-order chi connectivity index (χ0) is 15.9. The molecule has 0 aromatic heterocycles. The first kappa shape index (κ1) is 18.2. The topological polar surface area (TPSA) is 63.6 Å². The number of carboxylic acid groups (broad SMARTS) is 1. The number of ether oxygens (including phenoxy) is 1. The Morgan fingerprint density at radius 2 is 1.75 bits per heavy atom. The molecule has 0 radical (unpaired) electrons. The van der Waals surface area contributed by atoms with Crippen LogP contribution in [0.5, 0.6) is 0 Å². The Kier molecular flexibility index (Phi) is 6.97. The van der Waals surface area contributed by atoms with Crippen LogP contribution >= 0.6 is 0 Å². The number of aryl methyl sites for hydroxylation is 1. The van der Waals surface area contributed by atoms with Gasteiger partial charge in [-0.1, -0.05) is 38.5 Å². The van der Waals surface area contributed by atoms with Gasteiger partial charge in [0.1, 0.15) is 0 Å². The molecule has 0 atom stereocenters. The van der Waals surface area contributed by atoms with E-state index < -0.39 is 5.97 Å². The van der Waals surface area contributed by atoms with Crippen LogP contribution in [0, 0.1) is 6.92 Å². The van der Waals surface area contributed by atoms with E-state index in [4.69, 9.17) is 14.6 Å². The smallest absolute Gasteiger partial charge is 0.338 e. The van der Waals surface area contributed by atoms with Crippen molar-refractivity contribution in [3.8, 4) is 0 Å². The van der Waals surface area contributed by atoms with Crippen LogP contribution in [0.25, 0.3) is 0 Å². The van der Waals surface area contributed by atoms with Crippen molar-refractivity contribution in [1.29, 1.82) is 0 Å². The van der Waals surface area contributed by atoms with Crippen molar-refractivity contribution in [1.82, 2.24) is 0 Å². The van der Waals surface area contributed by atoms with Gasteiger partial charge in [0.2, 0.25) is 0 Å². The van der Waals surface area contributed by atoms with Crippen molar-refractivity contribution < 1.29 is 19.4 Å². The number of carbonyl (C=O) groups excluding carboxylic acids is 1. The maximum absolute atomic E-state index is 11.8. The molecule has 1 N–H and O–H groups in total. The molecular weight excluding hydrogens is 256 g/mol. The molecule has 20 heavy (non-hydrogen) atoms. The molecule has 112 valence electrons. The van der Waals surface area contributed by atoms with Crippen molar-refractivity contribution in [3.63, 3.8) is 0 Å². The van der Waals surface area contributed by atoms with Gasteiger partial charge < -0.3 is 9.84 Å². The Bertz CT molecular complexity index is 466. The van der Waals surface area contributed by atoms with Crippen LogP contribution < -0.4 is 0 Å². The third-order valence-corrected chi connectivity index (χ3v) is 2.48. The lowest BCUT2D eigenvalue weighted by Gasteiger charge is -2.22. The van der Waals surface area contributed by atoms with Gasteiger partial charge in [-0.25, -0.2) is 4.79 Å². The molecule has 0 saturated heterocycles. The van der Waals surface area contributed by atoms with Gasteiger partial charge in [-0.2, -0.15) is 0 Å². The SMILES string of the molecule is CC(=O)O.CCOC(=O)c1ccc(C)cc1C(C)(C)C. The van der Waals surface area contributed by atoms with Crippen LogP contribution in [0.15, 0.2) is 18.2 Å². The van der Waals surface area contributed by atoms with Crippen LogP contribution in [0.1, 0.15) is 56.1 Å². The summed E-state index contributed by atoms with van der Waals surface area (Å²) in [5.41, 5.74) is 2.84. The molecule has 0 aliphatic carbocycles. The van der Waals surface area contributed by atoms with Gasteiger partial charge >= 0.3 is 5.97 Å². The quantitative estimate of drug-likeness (QED) is 0.841. The normalized spacial score (nSPS) is 10.3. The second-order valence-electron chi connectivity index (χ2n) is 5.54. The first-order valence-electron chi connectivity index (χ1n) is 6.57. The fourth-order valence-electron chi connectivity index (χ4n) is 1.67. The van der Waals surface area contributed by atoms with Gasteiger partial charge in [-0.05, 0) is 30.9 Å². The monoisotopic (exact) mass is 280 g/mol. The van der Waals surface area contributed by atoms with E-state index in [2.05, 4.69) is 26.8 Å². The summed E-state index contributed by atoms with van der Waals surface area (Å²) >= 11 is 0. The van der Waals surface area contributed by atoms with E-state index in [9.17, 15) is 4.79 Å². The molecule has 4 heteroatoms. The summed E-state index contributed by atoms with van der Waals surface area (Å²) in [6, 6.07) is 5.86. The van der Waals surface area contributed by atoms with Crippen LogP contribution in [0.3, 0.4) is 0 Å². The Balaban J connectivity index is 0.000000796. The highest BCUT2D eigenvalue weighted by molar-refractivity contribution is 5.91. The van der Waals surface area contributed by atoms with Crippen molar-refractivity contribution >= 4 is 11.9 Å². The minimum absolute atomic E-state index is 0.0475. The predicted octanol–water partition coefficient (Wildman–Crippen LogP) is 3.56. The lowest BCUT2D eigenvalue weighted by Crippen LogP contribution is -2.18. The average molecular weight is 280 g/mol. The van der Waals surface area contributed by atoms with Crippen molar-refractivity contribution in [3.05, 3.63) is 34.9 Å². The fraction of sp³-hybridized carbons (Fsp3) is 0.500. The van der Waals surface area contributed by atoms with Crippen molar-refractivity contribution in [2.24, 2.45) is 0 Å². The van der Waals surface area contributed by atoms with E-state index in [1.54, 1.807) is 0 Å². The lowest BCUT2D eigenvalue weighted by atomic mass is 9.83. The Morgan fingerprint density at radius 1 is 1.25 bits per heavy atom. The molecule has 1 aromatic rings. The van der Waals surface area contributed by atoms with Crippen molar-refractivity contribution in [2.75, 3.05) is 6.61 Å². The van der Waals surface area contributed by atoms with E-state index in [1.807, 2.05) is 26.0 Å². The molecule has 0 saturated carbocycles. The summed E-state index contributed by atoms with van der Waals surface area (Å²) in [7, 11) is 0. The van der Waals surface area contributed by atoms with E-state index in [0.29, 0.717) is 12.2 Å². The average Bonchev–Trinajstić information content (AvgIpc) is 2.27. The first-order chi connectivity index (χ1) is 9.09. The third-order valence-electron chi connectivity index (χ3n) is 2.48. The molecule has 4 nitrogen and oxygen atoms in total. The number of esters is 1. The number of carboxylic acids is 1. The van der Waals surface area contributed by atoms with E-state index in [-0.39, 0.29) is 11.4 Å². The minimum Gasteiger partial charge on any atom is -0.481 e. The number of rotatable bonds is 2. The number of benzene rings is 1. The summed E-state index contributed by atoms with van der Waals surface area (Å²) < 4.78 is 5.06. The molecule has 0 spiro atoms. The Labute approximate surface area is 120 Å². The van der Waals surface area contributed by atoms with Gasteiger partial charge in [0.05, 0.1) is 12.2 Å². The second-order valence-corrected chi connectivity index (χ2v) is 5.54. The maximum atomic E-state index is 11.8. The zero-order valence-electron chi connectivity index (χ0n) is 13.1. The molecule has 0 aliphatic heterocycles. The predicted molar refractivity (Wildman–Crippen MR) is 79.1 cm³/mol. The van der Waals surface area contributed by atoms with Crippen molar-refractivity contribution in [2.45, 2.75) is 47.0 Å². The number of hydrogen-bond acceptors (Lipinski definition) is 3. The zero-order valence-corrected chi connectivity index (χ0v) is 13.1. The number of carbonyl (C=O) groups is 2. The molecule has 1 aromatic carbocycles. The standard InChI is InChI=1S/C14H20O2.C2H4O2/c1-6-16-13(15)11-8-7-10(2)9-12(11)14(3,4)5;1-2(3)4/h7-9H,6H2,1-5H3;1H3,(H,3,4). The maximum Gasteiger partial charge on any atom is 0.338 e. The molecule has 0 bridgehead atoms. The third kappa shape index (κ3) is 6.36. The molecule has 1 rings (SSSR count). The Hall–Kier alpha value is -1.84. The van der Waals surface area contributed by atoms with Gasteiger partial charge in [-0.3, -0.25) is 4.79 Å². The van der Waals surface area contributed by atoms with Gasteiger partial charge in [0.15, 0.2) is 0 Å². The highest BCUT2D eigenvalue weighted by Gasteiger charge is 2.22. The van der Waals surface area contributed by atoms with E-state index in [0.717, 1.165) is 18.1 Å². The fourth-order valence-corrected chi connectivity index (χ4v) is 1.67. The Morgan fingerprint density at radius 3 is 2.15 bits per heavy atom. The first-order valence-corrected chi connectivity index (χ1v) is 6.57. The molecular formula is C16H24O4. The largest absolute Gasteiger partial charge is 0.481 e. The highest BCUT2D eigenvalue weighted by atomic mass is 16.5. The summed E-state index contributed by atoms with van der Waals surface area (Å²) in [5, 5.41) is 7.42. The van der Waals surface area contributed by atoms with Gasteiger partial charge in [0.25, 0.3) is 5.97 Å². The molecule has 0 amide bonds. The summed E-state index contributed by atoms with van der Waals surface area (Å²) in [4.78, 5) is 20.8.